The van der Waals surface area contributed by atoms with Crippen molar-refractivity contribution in [1.29, 1.82) is 5.41 Å². The van der Waals surface area contributed by atoms with Crippen molar-refractivity contribution in [3.05, 3.63) is 45.7 Å². The molecule has 6 heteroatoms. The number of benzene rings is 1. The smallest absolute Gasteiger partial charge is 0.131 e. The van der Waals surface area contributed by atoms with E-state index in [0.29, 0.717) is 22.9 Å². The topological polar surface area (TPSA) is 76.9 Å². The quantitative estimate of drug-likeness (QED) is 0.671. The van der Waals surface area contributed by atoms with Crippen molar-refractivity contribution in [1.82, 2.24) is 9.78 Å². The summed E-state index contributed by atoms with van der Waals surface area (Å²) in [5.74, 6) is 0.705. The Balaban J connectivity index is 2.22. The van der Waals surface area contributed by atoms with E-state index in [-0.39, 0.29) is 5.84 Å². The van der Waals surface area contributed by atoms with Gasteiger partial charge in [-0.25, -0.2) is 0 Å². The summed E-state index contributed by atoms with van der Waals surface area (Å²) in [7, 11) is 1.83. The molecule has 0 fully saturated rings. The Bertz CT molecular complexity index is 663. The summed E-state index contributed by atoms with van der Waals surface area (Å²) >= 11 is 6.18. The Kier molecular flexibility index (Phi) is 3.99. The number of nitrogens with one attached hydrogen (secondary N) is 1. The van der Waals surface area contributed by atoms with E-state index in [1.165, 1.54) is 0 Å². The molecule has 0 unspecified atom stereocenters. The molecule has 0 saturated heterocycles. The second kappa shape index (κ2) is 5.54. The Morgan fingerprint density at radius 3 is 2.70 bits per heavy atom. The zero-order valence-electron chi connectivity index (χ0n) is 11.7. The molecule has 0 amide bonds. The minimum atomic E-state index is 0.0178. The zero-order chi connectivity index (χ0) is 14.9. The Labute approximate surface area is 122 Å². The fraction of sp³-hybridized carbons (Fsp3) is 0.286. The van der Waals surface area contributed by atoms with E-state index in [0.717, 1.165) is 17.0 Å². The lowest BCUT2D eigenvalue weighted by molar-refractivity contribution is 0.293. The average Bonchev–Trinajstić information content (AvgIpc) is 2.63. The highest BCUT2D eigenvalue weighted by molar-refractivity contribution is 6.31. The molecule has 0 aliphatic rings. The van der Waals surface area contributed by atoms with E-state index in [9.17, 15) is 0 Å². The Hall–Kier alpha value is -2.01. The van der Waals surface area contributed by atoms with Gasteiger partial charge in [-0.1, -0.05) is 23.7 Å². The molecule has 1 aromatic carbocycles. The highest BCUT2D eigenvalue weighted by Crippen LogP contribution is 2.24. The first kappa shape index (κ1) is 14.4. The van der Waals surface area contributed by atoms with Gasteiger partial charge in [0.2, 0.25) is 0 Å². The molecule has 0 atom stereocenters. The minimum absolute atomic E-state index is 0.0178. The van der Waals surface area contributed by atoms with Gasteiger partial charge in [-0.2, -0.15) is 5.10 Å². The average molecular weight is 293 g/mol. The number of nitrogens with two attached hydrogens (primary N) is 1. The molecule has 2 rings (SSSR count). The van der Waals surface area contributed by atoms with Gasteiger partial charge in [0, 0.05) is 12.6 Å². The summed E-state index contributed by atoms with van der Waals surface area (Å²) in [5, 5.41) is 12.3. The van der Waals surface area contributed by atoms with E-state index in [2.05, 4.69) is 5.10 Å². The molecule has 0 aliphatic carbocycles. The maximum atomic E-state index is 7.46. The normalized spacial score (nSPS) is 10.6. The first-order chi connectivity index (χ1) is 9.40. The molecule has 0 radical (unpaired) electrons. The van der Waals surface area contributed by atoms with Crippen LogP contribution in [0.3, 0.4) is 0 Å². The lowest BCUT2D eigenvalue weighted by Gasteiger charge is -2.11. The number of nitrogens with zero attached hydrogens (tertiary/aromatic N) is 2. The number of halogens is 1. The third-order valence-electron chi connectivity index (χ3n) is 3.13. The van der Waals surface area contributed by atoms with Gasteiger partial charge in [-0.3, -0.25) is 10.1 Å². The van der Waals surface area contributed by atoms with Crippen molar-refractivity contribution in [2.45, 2.75) is 20.5 Å². The molecule has 5 nitrogen and oxygen atoms in total. The van der Waals surface area contributed by atoms with Crippen molar-refractivity contribution in [2.75, 3.05) is 0 Å². The maximum Gasteiger partial charge on any atom is 0.131 e. The highest BCUT2D eigenvalue weighted by atomic mass is 35.5. The Morgan fingerprint density at radius 2 is 2.15 bits per heavy atom. The van der Waals surface area contributed by atoms with Crippen molar-refractivity contribution >= 4 is 17.4 Å². The molecular weight excluding hydrogens is 276 g/mol. The number of aryl methyl sites for hydroxylation is 3. The molecule has 3 N–H and O–H groups in total. The van der Waals surface area contributed by atoms with Crippen LogP contribution >= 0.6 is 11.6 Å². The predicted molar refractivity (Wildman–Crippen MR) is 79.5 cm³/mol. The van der Waals surface area contributed by atoms with Crippen LogP contribution in [0.15, 0.2) is 18.2 Å². The first-order valence-electron chi connectivity index (χ1n) is 6.16. The fourth-order valence-electron chi connectivity index (χ4n) is 1.91. The molecule has 0 spiro atoms. The number of hydrogen-bond acceptors (Lipinski definition) is 3. The molecule has 1 aromatic heterocycles. The van der Waals surface area contributed by atoms with E-state index in [1.54, 1.807) is 16.8 Å². The Morgan fingerprint density at radius 1 is 1.45 bits per heavy atom. The first-order valence-corrected chi connectivity index (χ1v) is 6.53. The number of aromatic nitrogens is 2. The second-order valence-corrected chi connectivity index (χ2v) is 5.03. The molecule has 1 heterocycles. The standard InChI is InChI=1S/C14H17ClN4O/c1-8-4-5-10(14(16)17)6-12(8)20-7-11-13(15)9(2)18-19(11)3/h4-6H,7H2,1-3H3,(H3,16,17). The molecule has 106 valence electrons. The van der Waals surface area contributed by atoms with Crippen molar-refractivity contribution < 1.29 is 4.74 Å². The van der Waals surface area contributed by atoms with Crippen molar-refractivity contribution in [3.8, 4) is 5.75 Å². The van der Waals surface area contributed by atoms with Gasteiger partial charge < -0.3 is 10.5 Å². The van der Waals surface area contributed by atoms with Crippen LogP contribution in [0.1, 0.15) is 22.5 Å². The van der Waals surface area contributed by atoms with Crippen LogP contribution in [0.25, 0.3) is 0 Å². The van der Waals surface area contributed by atoms with Gasteiger partial charge in [0.05, 0.1) is 16.4 Å². The zero-order valence-corrected chi connectivity index (χ0v) is 12.5. The third-order valence-corrected chi connectivity index (χ3v) is 3.62. The number of nitrogen functional groups attached to an aromatic ring is 1. The van der Waals surface area contributed by atoms with Crippen LogP contribution in [-0.2, 0) is 13.7 Å². The SMILES string of the molecule is Cc1ccc(C(=N)N)cc1OCc1c(Cl)c(C)nn1C. The maximum absolute atomic E-state index is 7.46. The predicted octanol–water partition coefficient (Wildman–Crippen LogP) is 2.55. The lowest BCUT2D eigenvalue weighted by atomic mass is 10.1. The molecule has 0 aliphatic heterocycles. The molecular formula is C14H17ClN4O. The van der Waals surface area contributed by atoms with Crippen LogP contribution in [0.2, 0.25) is 5.02 Å². The van der Waals surface area contributed by atoms with Crippen LogP contribution in [-0.4, -0.2) is 15.6 Å². The number of amidine groups is 1. The van der Waals surface area contributed by atoms with Gasteiger partial charge in [0.15, 0.2) is 0 Å². The van der Waals surface area contributed by atoms with Gasteiger partial charge >= 0.3 is 0 Å². The van der Waals surface area contributed by atoms with Gasteiger partial charge in [-0.15, -0.1) is 0 Å². The summed E-state index contributed by atoms with van der Waals surface area (Å²) in [6.45, 7) is 4.11. The number of hydrogen-bond donors (Lipinski definition) is 2. The van der Waals surface area contributed by atoms with Crippen LogP contribution in [0.5, 0.6) is 5.75 Å². The molecule has 0 saturated carbocycles. The highest BCUT2D eigenvalue weighted by Gasteiger charge is 2.12. The summed E-state index contributed by atoms with van der Waals surface area (Å²) in [5.41, 5.74) is 8.69. The van der Waals surface area contributed by atoms with Crippen LogP contribution < -0.4 is 10.5 Å². The minimum Gasteiger partial charge on any atom is -0.487 e. The van der Waals surface area contributed by atoms with E-state index < -0.39 is 0 Å². The van der Waals surface area contributed by atoms with E-state index in [1.807, 2.05) is 27.0 Å². The summed E-state index contributed by atoms with van der Waals surface area (Å²) in [6.07, 6.45) is 0. The summed E-state index contributed by atoms with van der Waals surface area (Å²) < 4.78 is 7.50. The van der Waals surface area contributed by atoms with Crippen molar-refractivity contribution in [3.63, 3.8) is 0 Å². The monoisotopic (exact) mass is 292 g/mol. The van der Waals surface area contributed by atoms with E-state index in [4.69, 9.17) is 27.5 Å². The molecule has 2 aromatic rings. The van der Waals surface area contributed by atoms with Crippen molar-refractivity contribution in [2.24, 2.45) is 12.8 Å². The largest absolute Gasteiger partial charge is 0.487 e. The van der Waals surface area contributed by atoms with Gasteiger partial charge in [0.25, 0.3) is 0 Å². The van der Waals surface area contributed by atoms with E-state index >= 15 is 0 Å². The van der Waals surface area contributed by atoms with Gasteiger partial charge in [-0.05, 0) is 25.5 Å². The van der Waals surface area contributed by atoms with Crippen LogP contribution in [0, 0.1) is 19.3 Å². The summed E-state index contributed by atoms with van der Waals surface area (Å²) in [4.78, 5) is 0. The number of ether oxygens (including phenoxy) is 1. The molecule has 0 bridgehead atoms. The summed E-state index contributed by atoms with van der Waals surface area (Å²) in [6, 6.07) is 5.43. The second-order valence-electron chi connectivity index (χ2n) is 4.65. The number of rotatable bonds is 4. The van der Waals surface area contributed by atoms with Gasteiger partial charge in [0.1, 0.15) is 18.2 Å². The van der Waals surface area contributed by atoms with Crippen LogP contribution in [0.4, 0.5) is 0 Å². The fourth-order valence-corrected chi connectivity index (χ4v) is 2.12. The molecule has 20 heavy (non-hydrogen) atoms. The third kappa shape index (κ3) is 2.77. The lowest BCUT2D eigenvalue weighted by Crippen LogP contribution is -2.11.